The molecular formula is C19H30FN3O3S. The van der Waals surface area contributed by atoms with Gasteiger partial charge >= 0.3 is 0 Å². The minimum atomic E-state index is -3.63. The van der Waals surface area contributed by atoms with Gasteiger partial charge in [0, 0.05) is 24.7 Å². The molecule has 0 aliphatic carbocycles. The van der Waals surface area contributed by atoms with Crippen molar-refractivity contribution in [3.05, 3.63) is 29.6 Å². The first-order chi connectivity index (χ1) is 12.7. The van der Waals surface area contributed by atoms with E-state index in [0.717, 1.165) is 32.0 Å². The second kappa shape index (κ2) is 9.50. The molecule has 0 atom stereocenters. The smallest absolute Gasteiger partial charge is 0.254 e. The first-order valence-corrected chi connectivity index (χ1v) is 11.4. The maximum Gasteiger partial charge on any atom is 0.254 e. The molecule has 0 unspecified atom stereocenters. The van der Waals surface area contributed by atoms with Gasteiger partial charge in [0.1, 0.15) is 5.82 Å². The molecule has 1 saturated heterocycles. The van der Waals surface area contributed by atoms with Crippen molar-refractivity contribution in [2.24, 2.45) is 0 Å². The molecule has 1 aromatic rings. The van der Waals surface area contributed by atoms with E-state index >= 15 is 0 Å². The van der Waals surface area contributed by atoms with Crippen LogP contribution in [-0.4, -0.2) is 62.6 Å². The first kappa shape index (κ1) is 21.6. The van der Waals surface area contributed by atoms with Gasteiger partial charge in [0.2, 0.25) is 10.0 Å². The summed E-state index contributed by atoms with van der Waals surface area (Å²) in [6.07, 6.45) is 5.84. The zero-order valence-electron chi connectivity index (χ0n) is 16.4. The maximum absolute atomic E-state index is 13.9. The standard InChI is InChI=1S/C19H30FN3O3S/c1-15(2)23(13-12-22-10-6-4-5-7-11-22)19(24)16-8-9-17(20)18(14-16)21-27(3,25)26/h8-9,14-15,21H,4-7,10-13H2,1-3H3. The molecule has 0 aromatic heterocycles. The van der Waals surface area contributed by atoms with Gasteiger partial charge in [0.05, 0.1) is 11.9 Å². The van der Waals surface area contributed by atoms with Gasteiger partial charge < -0.3 is 9.80 Å². The number of carbonyl (C=O) groups excluding carboxylic acids is 1. The van der Waals surface area contributed by atoms with Crippen molar-refractivity contribution in [1.82, 2.24) is 9.80 Å². The summed E-state index contributed by atoms with van der Waals surface area (Å²) in [5.74, 6) is -0.936. The monoisotopic (exact) mass is 399 g/mol. The van der Waals surface area contributed by atoms with Crippen LogP contribution in [0.1, 0.15) is 49.9 Å². The van der Waals surface area contributed by atoms with Crippen LogP contribution in [-0.2, 0) is 10.0 Å². The summed E-state index contributed by atoms with van der Waals surface area (Å²) in [5.41, 5.74) is 0.0618. The van der Waals surface area contributed by atoms with E-state index in [1.807, 2.05) is 13.8 Å². The molecule has 27 heavy (non-hydrogen) atoms. The Morgan fingerprint density at radius 2 is 1.85 bits per heavy atom. The Balaban J connectivity index is 2.12. The zero-order chi connectivity index (χ0) is 20.0. The highest BCUT2D eigenvalue weighted by Crippen LogP contribution is 2.19. The lowest BCUT2D eigenvalue weighted by Gasteiger charge is -2.30. The molecule has 1 N–H and O–H groups in total. The van der Waals surface area contributed by atoms with E-state index in [1.54, 1.807) is 4.90 Å². The van der Waals surface area contributed by atoms with Crippen molar-refractivity contribution >= 4 is 21.6 Å². The predicted octanol–water partition coefficient (Wildman–Crippen LogP) is 2.92. The number of anilines is 1. The van der Waals surface area contributed by atoms with E-state index in [2.05, 4.69) is 9.62 Å². The summed E-state index contributed by atoms with van der Waals surface area (Å²) in [5, 5.41) is 0. The fourth-order valence-corrected chi connectivity index (χ4v) is 3.86. The van der Waals surface area contributed by atoms with Crippen molar-refractivity contribution in [2.75, 3.05) is 37.2 Å². The second-order valence-corrected chi connectivity index (χ2v) is 9.17. The Kier molecular flexibility index (Phi) is 7.61. The van der Waals surface area contributed by atoms with Crippen LogP contribution in [0.25, 0.3) is 0 Å². The number of carbonyl (C=O) groups is 1. The van der Waals surface area contributed by atoms with E-state index in [-0.39, 0.29) is 23.2 Å². The van der Waals surface area contributed by atoms with Gasteiger partial charge in [-0.05, 0) is 58.0 Å². The molecule has 1 amide bonds. The number of hydrogen-bond acceptors (Lipinski definition) is 4. The molecule has 8 heteroatoms. The summed E-state index contributed by atoms with van der Waals surface area (Å²) in [6, 6.07) is 3.77. The van der Waals surface area contributed by atoms with Crippen molar-refractivity contribution in [3.63, 3.8) is 0 Å². The normalized spacial score (nSPS) is 16.2. The second-order valence-electron chi connectivity index (χ2n) is 7.42. The van der Waals surface area contributed by atoms with Crippen molar-refractivity contribution in [1.29, 1.82) is 0 Å². The number of sulfonamides is 1. The number of hydrogen-bond donors (Lipinski definition) is 1. The van der Waals surface area contributed by atoms with Gasteiger partial charge in [-0.3, -0.25) is 9.52 Å². The summed E-state index contributed by atoms with van der Waals surface area (Å²) >= 11 is 0. The molecule has 1 aromatic carbocycles. The lowest BCUT2D eigenvalue weighted by atomic mass is 10.1. The zero-order valence-corrected chi connectivity index (χ0v) is 17.2. The van der Waals surface area contributed by atoms with Crippen molar-refractivity contribution in [3.8, 4) is 0 Å². The molecule has 2 rings (SSSR count). The minimum Gasteiger partial charge on any atom is -0.335 e. The molecule has 0 saturated carbocycles. The molecule has 152 valence electrons. The van der Waals surface area contributed by atoms with Gasteiger partial charge in [-0.25, -0.2) is 12.8 Å². The minimum absolute atomic E-state index is 0.0131. The van der Waals surface area contributed by atoms with Crippen molar-refractivity contribution < 1.29 is 17.6 Å². The number of nitrogens with zero attached hydrogens (tertiary/aromatic N) is 2. The van der Waals surface area contributed by atoms with Crippen LogP contribution in [0.15, 0.2) is 18.2 Å². The van der Waals surface area contributed by atoms with Gasteiger partial charge in [-0.15, -0.1) is 0 Å². The molecule has 1 fully saturated rings. The number of halogens is 1. The van der Waals surface area contributed by atoms with Gasteiger partial charge in [-0.2, -0.15) is 0 Å². The van der Waals surface area contributed by atoms with Crippen LogP contribution in [0.4, 0.5) is 10.1 Å². The first-order valence-electron chi connectivity index (χ1n) is 9.48. The predicted molar refractivity (Wildman–Crippen MR) is 106 cm³/mol. The number of nitrogens with one attached hydrogen (secondary N) is 1. The summed E-state index contributed by atoms with van der Waals surface area (Å²) in [6.45, 7) is 7.39. The molecule has 0 spiro atoms. The lowest BCUT2D eigenvalue weighted by Crippen LogP contribution is -2.42. The number of rotatable bonds is 7. The van der Waals surface area contributed by atoms with E-state index in [4.69, 9.17) is 0 Å². The summed E-state index contributed by atoms with van der Waals surface area (Å²) < 4.78 is 38.8. The van der Waals surface area contributed by atoms with Crippen LogP contribution in [0, 0.1) is 5.82 Å². The van der Waals surface area contributed by atoms with Gasteiger partial charge in [-0.1, -0.05) is 12.8 Å². The van der Waals surface area contributed by atoms with Crippen LogP contribution in [0.3, 0.4) is 0 Å². The molecular weight excluding hydrogens is 369 g/mol. The number of benzene rings is 1. The quantitative estimate of drug-likeness (QED) is 0.765. The Labute approximate surface area is 161 Å². The Bertz CT molecular complexity index is 745. The molecule has 0 bridgehead atoms. The van der Waals surface area contributed by atoms with E-state index in [1.165, 1.54) is 37.8 Å². The highest BCUT2D eigenvalue weighted by molar-refractivity contribution is 7.92. The Morgan fingerprint density at radius 3 is 2.41 bits per heavy atom. The molecule has 1 aliphatic rings. The third-order valence-electron chi connectivity index (χ3n) is 4.75. The SMILES string of the molecule is CC(C)N(CCN1CCCCCC1)C(=O)c1ccc(F)c(NS(C)(=O)=O)c1. The summed E-state index contributed by atoms with van der Waals surface area (Å²) in [4.78, 5) is 17.1. The molecule has 0 radical (unpaired) electrons. The molecule has 1 heterocycles. The lowest BCUT2D eigenvalue weighted by molar-refractivity contribution is 0.0682. The van der Waals surface area contributed by atoms with Crippen LogP contribution >= 0.6 is 0 Å². The number of likely N-dealkylation sites (tertiary alicyclic amines) is 1. The van der Waals surface area contributed by atoms with E-state index < -0.39 is 15.8 Å². The third kappa shape index (κ3) is 6.77. The Hall–Kier alpha value is -1.67. The Morgan fingerprint density at radius 1 is 1.22 bits per heavy atom. The van der Waals surface area contributed by atoms with Crippen LogP contribution < -0.4 is 4.72 Å². The van der Waals surface area contributed by atoms with Crippen LogP contribution in [0.2, 0.25) is 0 Å². The van der Waals surface area contributed by atoms with Crippen LogP contribution in [0.5, 0.6) is 0 Å². The van der Waals surface area contributed by atoms with E-state index in [9.17, 15) is 17.6 Å². The van der Waals surface area contributed by atoms with Gasteiger partial charge in [0.25, 0.3) is 5.91 Å². The van der Waals surface area contributed by atoms with Crippen molar-refractivity contribution in [2.45, 2.75) is 45.6 Å². The fourth-order valence-electron chi connectivity index (χ4n) is 3.31. The average molecular weight is 400 g/mol. The highest BCUT2D eigenvalue weighted by Gasteiger charge is 2.21. The highest BCUT2D eigenvalue weighted by atomic mass is 32.2. The number of amides is 1. The molecule has 1 aliphatic heterocycles. The van der Waals surface area contributed by atoms with E-state index in [0.29, 0.717) is 6.54 Å². The summed E-state index contributed by atoms with van der Waals surface area (Å²) in [7, 11) is -3.63. The third-order valence-corrected chi connectivity index (χ3v) is 5.34. The average Bonchev–Trinajstić information content (AvgIpc) is 2.84. The molecule has 6 nitrogen and oxygen atoms in total. The maximum atomic E-state index is 13.9. The van der Waals surface area contributed by atoms with Gasteiger partial charge in [0.15, 0.2) is 0 Å². The largest absolute Gasteiger partial charge is 0.335 e. The topological polar surface area (TPSA) is 69.7 Å². The fraction of sp³-hybridized carbons (Fsp3) is 0.632.